The number of hydrogen-bond acceptors (Lipinski definition) is 5. The Labute approximate surface area is 220 Å². The van der Waals surface area contributed by atoms with Gasteiger partial charge in [-0.15, -0.1) is 0 Å². The number of carbonyl (C=O) groups is 2. The van der Waals surface area contributed by atoms with Crippen molar-refractivity contribution in [1.29, 1.82) is 0 Å². The van der Waals surface area contributed by atoms with Gasteiger partial charge >= 0.3 is 24.3 Å². The van der Waals surface area contributed by atoms with E-state index >= 15 is 0 Å². The van der Waals surface area contributed by atoms with Gasteiger partial charge in [0, 0.05) is 19.6 Å². The molecule has 0 heterocycles. The number of para-hydroxylation sites is 1. The quantitative estimate of drug-likeness (QED) is 0.223. The Kier molecular flexibility index (Phi) is 11.9. The standard InChI is InChI=1S/C25H28F6N2O6/c1-2-37-21(22(34)35)16-17-8-10-18(11-9-17)38-15-13-33(12-5-14-39-25(30,31)24(27,28)29)23(36)32-20-7-4-3-6-19(20)26/h3-4,6-11,21H,2,5,12-16H2,1H3,(H,32,36)(H,34,35). The molecule has 0 fully saturated rings. The molecule has 0 radical (unpaired) electrons. The molecule has 14 heteroatoms. The molecule has 2 amide bonds. The van der Waals surface area contributed by atoms with E-state index in [2.05, 4.69) is 10.1 Å². The molecule has 2 aromatic rings. The minimum atomic E-state index is -5.88. The van der Waals surface area contributed by atoms with Gasteiger partial charge in [-0.3, -0.25) is 0 Å². The zero-order valence-electron chi connectivity index (χ0n) is 20.8. The van der Waals surface area contributed by atoms with Crippen LogP contribution in [0.4, 0.5) is 36.8 Å². The van der Waals surface area contributed by atoms with E-state index in [0.717, 1.165) is 11.0 Å². The summed E-state index contributed by atoms with van der Waals surface area (Å²) in [6, 6.07) is 10.8. The summed E-state index contributed by atoms with van der Waals surface area (Å²) in [5.41, 5.74) is 0.514. The Bertz CT molecular complexity index is 1070. The molecule has 1 atom stereocenters. The Balaban J connectivity index is 1.97. The monoisotopic (exact) mass is 566 g/mol. The first-order valence-electron chi connectivity index (χ1n) is 11.8. The number of aliphatic carboxylic acids is 1. The van der Waals surface area contributed by atoms with Crippen LogP contribution in [-0.2, 0) is 20.7 Å². The van der Waals surface area contributed by atoms with Crippen molar-refractivity contribution in [3.63, 3.8) is 0 Å². The zero-order valence-corrected chi connectivity index (χ0v) is 20.8. The lowest BCUT2D eigenvalue weighted by Gasteiger charge is -2.24. The van der Waals surface area contributed by atoms with E-state index < -0.39 is 42.8 Å². The molecular formula is C25H28F6N2O6. The van der Waals surface area contributed by atoms with Gasteiger partial charge < -0.3 is 29.5 Å². The highest BCUT2D eigenvalue weighted by atomic mass is 19.4. The summed E-state index contributed by atoms with van der Waals surface area (Å²) >= 11 is 0. The first-order valence-corrected chi connectivity index (χ1v) is 11.8. The molecule has 216 valence electrons. The molecule has 0 aliphatic carbocycles. The molecule has 2 aromatic carbocycles. The third kappa shape index (κ3) is 10.3. The minimum absolute atomic E-state index is 0.111. The van der Waals surface area contributed by atoms with Crippen molar-refractivity contribution in [3.8, 4) is 5.75 Å². The van der Waals surface area contributed by atoms with Gasteiger partial charge in [0.15, 0.2) is 6.10 Å². The first-order chi connectivity index (χ1) is 18.3. The van der Waals surface area contributed by atoms with Crippen LogP contribution in [0.3, 0.4) is 0 Å². The molecule has 0 aliphatic heterocycles. The molecule has 39 heavy (non-hydrogen) atoms. The smallest absolute Gasteiger partial charge is 0.482 e. The van der Waals surface area contributed by atoms with Gasteiger partial charge in [0.05, 0.1) is 18.8 Å². The van der Waals surface area contributed by atoms with Gasteiger partial charge in [-0.2, -0.15) is 22.0 Å². The lowest BCUT2D eigenvalue weighted by Crippen LogP contribution is -2.41. The predicted molar refractivity (Wildman–Crippen MR) is 127 cm³/mol. The highest BCUT2D eigenvalue weighted by molar-refractivity contribution is 5.89. The zero-order chi connectivity index (χ0) is 29.1. The van der Waals surface area contributed by atoms with E-state index in [0.29, 0.717) is 11.3 Å². The lowest BCUT2D eigenvalue weighted by molar-refractivity contribution is -0.391. The summed E-state index contributed by atoms with van der Waals surface area (Å²) in [7, 11) is 0. The summed E-state index contributed by atoms with van der Waals surface area (Å²) in [5, 5.41) is 11.5. The van der Waals surface area contributed by atoms with Crippen LogP contribution in [0.2, 0.25) is 0 Å². The second-order valence-electron chi connectivity index (χ2n) is 8.09. The summed E-state index contributed by atoms with van der Waals surface area (Å²) in [6.07, 6.45) is -12.5. The van der Waals surface area contributed by atoms with Crippen LogP contribution in [0.25, 0.3) is 0 Å². The molecule has 0 saturated carbocycles. The van der Waals surface area contributed by atoms with Crippen molar-refractivity contribution in [3.05, 3.63) is 59.9 Å². The van der Waals surface area contributed by atoms with Gasteiger partial charge in [0.1, 0.15) is 18.2 Å². The largest absolute Gasteiger partial charge is 0.492 e. The van der Waals surface area contributed by atoms with Gasteiger partial charge in [0.2, 0.25) is 0 Å². The van der Waals surface area contributed by atoms with E-state index in [1.54, 1.807) is 31.2 Å². The number of carbonyl (C=O) groups excluding carboxylic acids is 1. The lowest BCUT2D eigenvalue weighted by atomic mass is 10.1. The maximum absolute atomic E-state index is 13.9. The Morgan fingerprint density at radius 3 is 2.26 bits per heavy atom. The topological polar surface area (TPSA) is 97.3 Å². The van der Waals surface area contributed by atoms with E-state index in [4.69, 9.17) is 9.47 Å². The third-order valence-electron chi connectivity index (χ3n) is 5.21. The summed E-state index contributed by atoms with van der Waals surface area (Å²) in [4.78, 5) is 25.0. The number of nitrogens with one attached hydrogen (secondary N) is 1. The molecule has 2 rings (SSSR count). The first kappa shape index (κ1) is 31.7. The van der Waals surface area contributed by atoms with Crippen LogP contribution >= 0.6 is 0 Å². The minimum Gasteiger partial charge on any atom is -0.492 e. The van der Waals surface area contributed by atoms with E-state index in [9.17, 15) is 41.0 Å². The number of urea groups is 1. The highest BCUT2D eigenvalue weighted by Gasteiger charge is 2.59. The Morgan fingerprint density at radius 1 is 1.00 bits per heavy atom. The molecule has 0 spiro atoms. The molecule has 0 bridgehead atoms. The predicted octanol–water partition coefficient (Wildman–Crippen LogP) is 5.33. The van der Waals surface area contributed by atoms with Crippen LogP contribution in [0, 0.1) is 5.82 Å². The average molecular weight is 566 g/mol. The van der Waals surface area contributed by atoms with E-state index in [1.165, 1.54) is 18.2 Å². The molecule has 1 unspecified atom stereocenters. The number of halogens is 6. The molecule has 8 nitrogen and oxygen atoms in total. The number of alkyl halides is 5. The number of ether oxygens (including phenoxy) is 3. The van der Waals surface area contributed by atoms with Gasteiger partial charge in [-0.1, -0.05) is 24.3 Å². The van der Waals surface area contributed by atoms with Crippen LogP contribution < -0.4 is 10.1 Å². The number of amides is 2. The molecule has 2 N–H and O–H groups in total. The van der Waals surface area contributed by atoms with Gasteiger partial charge in [-0.05, 0) is 43.2 Å². The molecule has 0 aromatic heterocycles. The Morgan fingerprint density at radius 2 is 1.67 bits per heavy atom. The van der Waals surface area contributed by atoms with Crippen LogP contribution in [-0.4, -0.2) is 73.3 Å². The van der Waals surface area contributed by atoms with Crippen molar-refractivity contribution in [2.24, 2.45) is 0 Å². The fourth-order valence-corrected chi connectivity index (χ4v) is 3.24. The number of nitrogens with zero attached hydrogens (tertiary/aromatic N) is 1. The number of benzene rings is 2. The highest BCUT2D eigenvalue weighted by Crippen LogP contribution is 2.36. The van der Waals surface area contributed by atoms with Crippen molar-refractivity contribution in [2.45, 2.75) is 38.2 Å². The fraction of sp³-hybridized carbons (Fsp3) is 0.440. The van der Waals surface area contributed by atoms with Crippen molar-refractivity contribution in [1.82, 2.24) is 4.90 Å². The maximum atomic E-state index is 13.9. The van der Waals surface area contributed by atoms with Crippen LogP contribution in [0.1, 0.15) is 18.9 Å². The number of carboxylic acid groups (broad SMARTS) is 1. The van der Waals surface area contributed by atoms with Crippen LogP contribution in [0.5, 0.6) is 5.75 Å². The van der Waals surface area contributed by atoms with Crippen LogP contribution in [0.15, 0.2) is 48.5 Å². The van der Waals surface area contributed by atoms with Gasteiger partial charge in [0.25, 0.3) is 0 Å². The number of hydrogen-bond donors (Lipinski definition) is 2. The van der Waals surface area contributed by atoms with Crippen molar-refractivity contribution < 1.29 is 55.2 Å². The third-order valence-corrected chi connectivity index (χ3v) is 5.21. The maximum Gasteiger partial charge on any atom is 0.482 e. The normalized spacial score (nSPS) is 12.6. The summed E-state index contributed by atoms with van der Waals surface area (Å²) in [5.74, 6) is -1.46. The second kappa shape index (κ2) is 14.6. The van der Waals surface area contributed by atoms with E-state index in [-0.39, 0.29) is 44.8 Å². The van der Waals surface area contributed by atoms with E-state index in [1.807, 2.05) is 0 Å². The number of anilines is 1. The van der Waals surface area contributed by atoms with Crippen molar-refractivity contribution >= 4 is 17.7 Å². The van der Waals surface area contributed by atoms with Gasteiger partial charge in [-0.25, -0.2) is 14.0 Å². The number of rotatable bonds is 15. The average Bonchev–Trinajstić information content (AvgIpc) is 2.86. The molecular weight excluding hydrogens is 538 g/mol. The van der Waals surface area contributed by atoms with Crippen molar-refractivity contribution in [2.75, 3.05) is 38.2 Å². The second-order valence-corrected chi connectivity index (χ2v) is 8.09. The Hall–Kier alpha value is -3.52. The fourth-order valence-electron chi connectivity index (χ4n) is 3.24. The molecule has 0 saturated heterocycles. The SMILES string of the molecule is CCOC(Cc1ccc(OCCN(CCCOC(F)(F)C(F)(F)F)C(=O)Nc2ccccc2F)cc1)C(=O)O. The summed E-state index contributed by atoms with van der Waals surface area (Å²) < 4.78 is 91.1. The molecule has 0 aliphatic rings. The summed E-state index contributed by atoms with van der Waals surface area (Å²) in [6.45, 7) is 0.360. The number of carboxylic acids is 1.